The highest BCUT2D eigenvalue weighted by Gasteiger charge is 2.15. The van der Waals surface area contributed by atoms with Gasteiger partial charge < -0.3 is 25.5 Å². The summed E-state index contributed by atoms with van der Waals surface area (Å²) in [4.78, 5) is 24.6. The number of hydrogen-bond acceptors (Lipinski definition) is 5. The lowest BCUT2D eigenvalue weighted by Crippen LogP contribution is -2.32. The highest BCUT2D eigenvalue weighted by Crippen LogP contribution is 2.17. The summed E-state index contributed by atoms with van der Waals surface area (Å²) >= 11 is 0. The number of rotatable bonds is 6. The van der Waals surface area contributed by atoms with Gasteiger partial charge >= 0.3 is 0 Å². The van der Waals surface area contributed by atoms with Gasteiger partial charge in [0.1, 0.15) is 5.56 Å². The standard InChI is InChI=1S/C15H19N3O4/c1-18-9-10(15(21)17-5-7-22-8-6-19)14(20)13-11(16)3-2-4-12(13)18/h2-4,9,19H,5-8,16H2,1H3,(H,17,21). The second-order valence-corrected chi connectivity index (χ2v) is 4.82. The molecule has 2 aromatic rings. The van der Waals surface area contributed by atoms with Gasteiger partial charge in [0.15, 0.2) is 0 Å². The summed E-state index contributed by atoms with van der Waals surface area (Å²) < 4.78 is 6.74. The van der Waals surface area contributed by atoms with Gasteiger partial charge in [-0.3, -0.25) is 9.59 Å². The molecule has 1 heterocycles. The number of benzene rings is 1. The summed E-state index contributed by atoms with van der Waals surface area (Å²) in [5.41, 5.74) is 6.53. The highest BCUT2D eigenvalue weighted by molar-refractivity contribution is 6.00. The SMILES string of the molecule is Cn1cc(C(=O)NCCOCCO)c(=O)c2c(N)cccc21. The molecular weight excluding hydrogens is 286 g/mol. The normalized spacial score (nSPS) is 10.8. The second-order valence-electron chi connectivity index (χ2n) is 4.82. The summed E-state index contributed by atoms with van der Waals surface area (Å²) in [6.45, 7) is 0.662. The average molecular weight is 305 g/mol. The first-order chi connectivity index (χ1) is 10.6. The number of anilines is 1. The molecule has 1 amide bonds. The molecule has 0 aliphatic heterocycles. The Bertz CT molecular complexity index is 739. The molecule has 22 heavy (non-hydrogen) atoms. The van der Waals surface area contributed by atoms with E-state index in [9.17, 15) is 9.59 Å². The van der Waals surface area contributed by atoms with Crippen molar-refractivity contribution in [1.29, 1.82) is 0 Å². The van der Waals surface area contributed by atoms with E-state index in [4.69, 9.17) is 15.6 Å². The first kappa shape index (κ1) is 16.0. The number of nitrogens with one attached hydrogen (secondary N) is 1. The largest absolute Gasteiger partial charge is 0.398 e. The Labute approximate surface area is 127 Å². The number of carbonyl (C=O) groups is 1. The number of fused-ring (bicyclic) bond motifs is 1. The topological polar surface area (TPSA) is 107 Å². The van der Waals surface area contributed by atoms with Crippen molar-refractivity contribution in [3.63, 3.8) is 0 Å². The number of aromatic nitrogens is 1. The van der Waals surface area contributed by atoms with Crippen LogP contribution in [0, 0.1) is 0 Å². The van der Waals surface area contributed by atoms with E-state index in [-0.39, 0.29) is 37.4 Å². The zero-order valence-corrected chi connectivity index (χ0v) is 12.3. The molecule has 0 bridgehead atoms. The van der Waals surface area contributed by atoms with Crippen LogP contribution in [0.5, 0.6) is 0 Å². The fourth-order valence-electron chi connectivity index (χ4n) is 2.22. The van der Waals surface area contributed by atoms with Crippen LogP contribution in [0.25, 0.3) is 10.9 Å². The Morgan fingerprint density at radius 1 is 1.41 bits per heavy atom. The average Bonchev–Trinajstić information content (AvgIpc) is 2.50. The Kier molecular flexibility index (Phi) is 5.13. The molecule has 1 aromatic heterocycles. The second kappa shape index (κ2) is 7.06. The molecule has 0 saturated heterocycles. The number of carbonyl (C=O) groups excluding carboxylic acids is 1. The molecule has 4 N–H and O–H groups in total. The van der Waals surface area contributed by atoms with E-state index in [1.54, 1.807) is 29.8 Å². The Morgan fingerprint density at radius 3 is 2.91 bits per heavy atom. The number of aryl methyl sites for hydroxylation is 1. The molecule has 0 spiro atoms. The number of hydrogen-bond donors (Lipinski definition) is 3. The van der Waals surface area contributed by atoms with E-state index in [2.05, 4.69) is 5.32 Å². The van der Waals surface area contributed by atoms with Crippen molar-refractivity contribution < 1.29 is 14.6 Å². The van der Waals surface area contributed by atoms with Crippen molar-refractivity contribution in [3.05, 3.63) is 40.2 Å². The third-order valence-corrected chi connectivity index (χ3v) is 3.26. The van der Waals surface area contributed by atoms with Crippen molar-refractivity contribution in [3.8, 4) is 0 Å². The Balaban J connectivity index is 2.25. The summed E-state index contributed by atoms with van der Waals surface area (Å²) in [5.74, 6) is -0.474. The molecule has 7 heteroatoms. The minimum absolute atomic E-state index is 0.0371. The number of aliphatic hydroxyl groups is 1. The van der Waals surface area contributed by atoms with E-state index >= 15 is 0 Å². The first-order valence-corrected chi connectivity index (χ1v) is 6.91. The van der Waals surface area contributed by atoms with Gasteiger partial charge in [0.25, 0.3) is 5.91 Å². The number of nitrogens with two attached hydrogens (primary N) is 1. The van der Waals surface area contributed by atoms with Crippen LogP contribution >= 0.6 is 0 Å². The molecular formula is C15H19N3O4. The summed E-state index contributed by atoms with van der Waals surface area (Å²) in [7, 11) is 1.75. The molecule has 0 unspecified atom stereocenters. The van der Waals surface area contributed by atoms with Gasteiger partial charge in [0.05, 0.1) is 30.7 Å². The molecule has 118 valence electrons. The molecule has 0 radical (unpaired) electrons. The lowest BCUT2D eigenvalue weighted by molar-refractivity contribution is 0.0837. The van der Waals surface area contributed by atoms with Crippen LogP contribution in [-0.4, -0.2) is 41.9 Å². The molecule has 2 rings (SSSR count). The van der Waals surface area contributed by atoms with Gasteiger partial charge in [-0.15, -0.1) is 0 Å². The lowest BCUT2D eigenvalue weighted by Gasteiger charge is -2.11. The van der Waals surface area contributed by atoms with Gasteiger partial charge in [-0.25, -0.2) is 0 Å². The zero-order valence-electron chi connectivity index (χ0n) is 12.3. The number of pyridine rings is 1. The molecule has 0 atom stereocenters. The molecule has 0 fully saturated rings. The van der Waals surface area contributed by atoms with Crippen LogP contribution < -0.4 is 16.5 Å². The van der Waals surface area contributed by atoms with E-state index in [1.165, 1.54) is 6.20 Å². The first-order valence-electron chi connectivity index (χ1n) is 6.91. The summed E-state index contributed by atoms with van der Waals surface area (Å²) in [6.07, 6.45) is 1.49. The molecule has 0 aliphatic carbocycles. The number of nitrogens with zero attached hydrogens (tertiary/aromatic N) is 1. The maximum absolute atomic E-state index is 12.5. The molecule has 1 aromatic carbocycles. The maximum Gasteiger partial charge on any atom is 0.256 e. The Morgan fingerprint density at radius 2 is 2.18 bits per heavy atom. The highest BCUT2D eigenvalue weighted by atomic mass is 16.5. The van der Waals surface area contributed by atoms with Crippen LogP contribution in [0.15, 0.2) is 29.2 Å². The van der Waals surface area contributed by atoms with Crippen LogP contribution in [0.4, 0.5) is 5.69 Å². The van der Waals surface area contributed by atoms with E-state index in [0.717, 1.165) is 0 Å². The predicted molar refractivity (Wildman–Crippen MR) is 83.8 cm³/mol. The smallest absolute Gasteiger partial charge is 0.256 e. The minimum Gasteiger partial charge on any atom is -0.398 e. The van der Waals surface area contributed by atoms with Crippen molar-refractivity contribution in [2.75, 3.05) is 32.1 Å². The van der Waals surface area contributed by atoms with Crippen LogP contribution in [0.1, 0.15) is 10.4 Å². The summed E-state index contributed by atoms with van der Waals surface area (Å²) in [5, 5.41) is 11.5. The predicted octanol–water partition coefficient (Wildman–Crippen LogP) is -0.141. The van der Waals surface area contributed by atoms with Gasteiger partial charge in [0, 0.05) is 25.5 Å². The third-order valence-electron chi connectivity index (χ3n) is 3.26. The fourth-order valence-corrected chi connectivity index (χ4v) is 2.22. The van der Waals surface area contributed by atoms with Gasteiger partial charge in [-0.1, -0.05) is 6.07 Å². The molecule has 0 aliphatic rings. The van der Waals surface area contributed by atoms with Gasteiger partial charge in [-0.2, -0.15) is 0 Å². The van der Waals surface area contributed by atoms with Crippen LogP contribution in [-0.2, 0) is 11.8 Å². The van der Waals surface area contributed by atoms with Crippen molar-refractivity contribution in [2.24, 2.45) is 7.05 Å². The van der Waals surface area contributed by atoms with E-state index in [1.807, 2.05) is 0 Å². The van der Waals surface area contributed by atoms with Crippen molar-refractivity contribution in [1.82, 2.24) is 9.88 Å². The van der Waals surface area contributed by atoms with Gasteiger partial charge in [-0.05, 0) is 12.1 Å². The lowest BCUT2D eigenvalue weighted by atomic mass is 10.1. The van der Waals surface area contributed by atoms with Crippen molar-refractivity contribution in [2.45, 2.75) is 0 Å². The monoisotopic (exact) mass is 305 g/mol. The maximum atomic E-state index is 12.5. The molecule has 0 saturated carbocycles. The van der Waals surface area contributed by atoms with E-state index < -0.39 is 5.91 Å². The summed E-state index contributed by atoms with van der Waals surface area (Å²) in [6, 6.07) is 5.17. The van der Waals surface area contributed by atoms with Crippen LogP contribution in [0.2, 0.25) is 0 Å². The number of amides is 1. The number of nitrogen functional groups attached to an aromatic ring is 1. The number of aliphatic hydroxyl groups excluding tert-OH is 1. The quantitative estimate of drug-likeness (QED) is 0.509. The Hall–Kier alpha value is -2.38. The molecule has 7 nitrogen and oxygen atoms in total. The number of ether oxygens (including phenoxy) is 1. The third kappa shape index (κ3) is 3.26. The minimum atomic E-state index is -0.474. The van der Waals surface area contributed by atoms with E-state index in [0.29, 0.717) is 16.6 Å². The van der Waals surface area contributed by atoms with Crippen LogP contribution in [0.3, 0.4) is 0 Å². The zero-order chi connectivity index (χ0) is 16.1. The van der Waals surface area contributed by atoms with Gasteiger partial charge in [0.2, 0.25) is 5.43 Å². The fraction of sp³-hybridized carbons (Fsp3) is 0.333. The van der Waals surface area contributed by atoms with Crippen molar-refractivity contribution >= 4 is 22.5 Å².